The molecule has 0 aliphatic rings. The van der Waals surface area contributed by atoms with Gasteiger partial charge in [0.05, 0.1) is 6.61 Å². The van der Waals surface area contributed by atoms with Crippen molar-refractivity contribution in [1.82, 2.24) is 4.57 Å². The summed E-state index contributed by atoms with van der Waals surface area (Å²) in [7, 11) is 0. The van der Waals surface area contributed by atoms with E-state index in [9.17, 15) is 4.79 Å². The summed E-state index contributed by atoms with van der Waals surface area (Å²) in [5, 5.41) is 0. The van der Waals surface area contributed by atoms with Gasteiger partial charge < -0.3 is 15.0 Å². The van der Waals surface area contributed by atoms with E-state index in [0.29, 0.717) is 13.2 Å². The van der Waals surface area contributed by atoms with Crippen LogP contribution in [0.5, 0.6) is 5.75 Å². The van der Waals surface area contributed by atoms with Crippen LogP contribution in [-0.4, -0.2) is 11.2 Å². The number of hydrogen-bond acceptors (Lipinski definition) is 3. The van der Waals surface area contributed by atoms with Gasteiger partial charge in [-0.05, 0) is 37.6 Å². The van der Waals surface area contributed by atoms with Crippen LogP contribution in [-0.2, 0) is 6.54 Å². The average molecular weight is 272 g/mol. The lowest BCUT2D eigenvalue weighted by molar-refractivity contribution is 0.340. The summed E-state index contributed by atoms with van der Waals surface area (Å²) in [6, 6.07) is 12.7. The predicted octanol–water partition coefficient (Wildman–Crippen LogP) is 2.26. The Morgan fingerprint density at radius 2 is 1.90 bits per heavy atom. The zero-order chi connectivity index (χ0) is 14.5. The molecule has 0 radical (unpaired) electrons. The minimum atomic E-state index is -0.218. The van der Waals surface area contributed by atoms with Crippen molar-refractivity contribution in [2.24, 2.45) is 5.73 Å². The maximum Gasteiger partial charge on any atom is 0.250 e. The Labute approximate surface area is 118 Å². The van der Waals surface area contributed by atoms with E-state index in [-0.39, 0.29) is 11.6 Å². The minimum Gasteiger partial charge on any atom is -0.494 e. The zero-order valence-corrected chi connectivity index (χ0v) is 11.9. The fourth-order valence-electron chi connectivity index (χ4n) is 2.14. The molecule has 0 aliphatic heterocycles. The number of aryl methyl sites for hydroxylation is 1. The van der Waals surface area contributed by atoms with Crippen molar-refractivity contribution < 1.29 is 4.74 Å². The van der Waals surface area contributed by atoms with Crippen LogP contribution in [0.3, 0.4) is 0 Å². The molecule has 0 saturated heterocycles. The lowest BCUT2D eigenvalue weighted by Crippen LogP contribution is -2.27. The van der Waals surface area contributed by atoms with Crippen molar-refractivity contribution in [3.8, 4) is 5.75 Å². The summed E-state index contributed by atoms with van der Waals surface area (Å²) >= 11 is 0. The molecule has 0 spiro atoms. The Balaban J connectivity index is 2.15. The van der Waals surface area contributed by atoms with Gasteiger partial charge >= 0.3 is 0 Å². The van der Waals surface area contributed by atoms with Crippen LogP contribution in [0.15, 0.2) is 47.3 Å². The van der Waals surface area contributed by atoms with Crippen LogP contribution in [0.4, 0.5) is 0 Å². The monoisotopic (exact) mass is 272 g/mol. The van der Waals surface area contributed by atoms with E-state index in [1.54, 1.807) is 16.7 Å². The fraction of sp³-hybridized carbons (Fsp3) is 0.312. The Morgan fingerprint density at radius 1 is 1.20 bits per heavy atom. The summed E-state index contributed by atoms with van der Waals surface area (Å²) in [5.41, 5.74) is 8.07. The fourth-order valence-corrected chi connectivity index (χ4v) is 2.14. The molecule has 0 fully saturated rings. The number of rotatable bonds is 5. The largest absolute Gasteiger partial charge is 0.494 e. The lowest BCUT2D eigenvalue weighted by atomic mass is 10.1. The molecule has 0 amide bonds. The third kappa shape index (κ3) is 3.27. The normalized spacial score (nSPS) is 12.2. The molecule has 4 nitrogen and oxygen atoms in total. The van der Waals surface area contributed by atoms with Gasteiger partial charge in [0.25, 0.3) is 5.56 Å². The summed E-state index contributed by atoms with van der Waals surface area (Å²) in [4.78, 5) is 11.8. The highest BCUT2D eigenvalue weighted by atomic mass is 16.5. The molecule has 20 heavy (non-hydrogen) atoms. The predicted molar refractivity (Wildman–Crippen MR) is 80.0 cm³/mol. The third-order valence-electron chi connectivity index (χ3n) is 3.27. The first kappa shape index (κ1) is 14.3. The first-order valence-electron chi connectivity index (χ1n) is 6.76. The molecule has 2 N–H and O–H groups in total. The van der Waals surface area contributed by atoms with Gasteiger partial charge in [-0.15, -0.1) is 0 Å². The van der Waals surface area contributed by atoms with Crippen LogP contribution in [0.2, 0.25) is 0 Å². The summed E-state index contributed by atoms with van der Waals surface area (Å²) in [6.45, 7) is 4.97. The zero-order valence-electron chi connectivity index (χ0n) is 11.9. The van der Waals surface area contributed by atoms with Crippen LogP contribution in [0, 0.1) is 6.92 Å². The second kappa shape index (κ2) is 6.39. The smallest absolute Gasteiger partial charge is 0.250 e. The van der Waals surface area contributed by atoms with Gasteiger partial charge in [-0.1, -0.05) is 18.2 Å². The molecule has 106 valence electrons. The molecule has 1 aromatic carbocycles. The standard InChI is InChI=1S/C16H20N2O2/c1-3-20-14-9-7-13(8-10-14)15(17)11-18-12(2)5-4-6-16(18)19/h4-10,15H,3,11,17H2,1-2H3. The van der Waals surface area contributed by atoms with Crippen LogP contribution >= 0.6 is 0 Å². The molecule has 2 aromatic rings. The number of ether oxygens (including phenoxy) is 1. The van der Waals surface area contributed by atoms with Crippen molar-refractivity contribution in [3.63, 3.8) is 0 Å². The highest BCUT2D eigenvalue weighted by molar-refractivity contribution is 5.29. The number of pyridine rings is 1. The van der Waals surface area contributed by atoms with Crippen molar-refractivity contribution in [3.05, 3.63) is 64.1 Å². The van der Waals surface area contributed by atoms with Crippen molar-refractivity contribution in [2.75, 3.05) is 6.61 Å². The van der Waals surface area contributed by atoms with E-state index in [4.69, 9.17) is 10.5 Å². The quantitative estimate of drug-likeness (QED) is 0.908. The minimum absolute atomic E-state index is 0.0219. The van der Waals surface area contributed by atoms with Crippen molar-refractivity contribution in [2.45, 2.75) is 26.4 Å². The molecule has 1 atom stereocenters. The first-order chi connectivity index (χ1) is 9.61. The highest BCUT2D eigenvalue weighted by Gasteiger charge is 2.09. The molecule has 1 aromatic heterocycles. The Hall–Kier alpha value is -2.07. The van der Waals surface area contributed by atoms with Crippen LogP contribution < -0.4 is 16.0 Å². The third-order valence-corrected chi connectivity index (χ3v) is 3.27. The average Bonchev–Trinajstić information content (AvgIpc) is 2.44. The number of hydrogen-bond donors (Lipinski definition) is 1. The van der Waals surface area contributed by atoms with E-state index in [2.05, 4.69) is 0 Å². The number of nitrogens with zero attached hydrogens (tertiary/aromatic N) is 1. The van der Waals surface area contributed by atoms with Gasteiger partial charge in [0.1, 0.15) is 5.75 Å². The second-order valence-electron chi connectivity index (χ2n) is 4.72. The number of benzene rings is 1. The molecule has 0 saturated carbocycles. The van der Waals surface area contributed by atoms with Gasteiger partial charge in [0, 0.05) is 24.3 Å². The number of nitrogens with two attached hydrogens (primary N) is 1. The maximum atomic E-state index is 11.8. The van der Waals surface area contributed by atoms with E-state index < -0.39 is 0 Å². The first-order valence-corrected chi connectivity index (χ1v) is 6.76. The molecule has 0 aliphatic carbocycles. The molecule has 1 heterocycles. The maximum absolute atomic E-state index is 11.8. The van der Waals surface area contributed by atoms with E-state index in [1.807, 2.05) is 44.2 Å². The Bertz CT molecular complexity index is 617. The summed E-state index contributed by atoms with van der Waals surface area (Å²) in [6.07, 6.45) is 0. The van der Waals surface area contributed by atoms with Crippen molar-refractivity contribution in [1.29, 1.82) is 0 Å². The summed E-state index contributed by atoms with van der Waals surface area (Å²) < 4.78 is 7.10. The topological polar surface area (TPSA) is 57.2 Å². The van der Waals surface area contributed by atoms with Crippen LogP contribution in [0.25, 0.3) is 0 Å². The SMILES string of the molecule is CCOc1ccc(C(N)Cn2c(C)cccc2=O)cc1. The van der Waals surface area contributed by atoms with E-state index in [0.717, 1.165) is 17.0 Å². The van der Waals surface area contributed by atoms with E-state index >= 15 is 0 Å². The highest BCUT2D eigenvalue weighted by Crippen LogP contribution is 2.17. The van der Waals surface area contributed by atoms with Gasteiger partial charge in [-0.25, -0.2) is 0 Å². The van der Waals surface area contributed by atoms with Gasteiger partial charge in [0.15, 0.2) is 0 Å². The molecule has 4 heteroatoms. The summed E-state index contributed by atoms with van der Waals surface area (Å²) in [5.74, 6) is 0.830. The van der Waals surface area contributed by atoms with Gasteiger partial charge in [-0.3, -0.25) is 4.79 Å². The Kier molecular flexibility index (Phi) is 4.58. The molecular formula is C16H20N2O2. The van der Waals surface area contributed by atoms with E-state index in [1.165, 1.54) is 0 Å². The second-order valence-corrected chi connectivity index (χ2v) is 4.72. The molecule has 0 bridgehead atoms. The van der Waals surface area contributed by atoms with Gasteiger partial charge in [-0.2, -0.15) is 0 Å². The Morgan fingerprint density at radius 3 is 2.50 bits per heavy atom. The molecule has 1 unspecified atom stereocenters. The van der Waals surface area contributed by atoms with Crippen LogP contribution in [0.1, 0.15) is 24.2 Å². The lowest BCUT2D eigenvalue weighted by Gasteiger charge is -2.16. The molecule has 2 rings (SSSR count). The van der Waals surface area contributed by atoms with Crippen molar-refractivity contribution >= 4 is 0 Å². The number of aromatic nitrogens is 1. The van der Waals surface area contributed by atoms with Gasteiger partial charge in [0.2, 0.25) is 0 Å². The molecular weight excluding hydrogens is 252 g/mol.